The van der Waals surface area contributed by atoms with Gasteiger partial charge in [-0.15, -0.1) is 0 Å². The number of carbonyl (C=O) groups is 2. The third kappa shape index (κ3) is 3.52. The number of rotatable bonds is 4. The summed E-state index contributed by atoms with van der Waals surface area (Å²) in [6, 6.07) is 17.9. The lowest BCUT2D eigenvalue weighted by Gasteiger charge is -2.18. The van der Waals surface area contributed by atoms with Crippen molar-refractivity contribution in [1.82, 2.24) is 14.7 Å². The second-order valence-corrected chi connectivity index (χ2v) is 7.98. The van der Waals surface area contributed by atoms with Crippen molar-refractivity contribution in [3.63, 3.8) is 0 Å². The number of amides is 2. The SMILES string of the molecule is Cc1ccc(C(=O)N[C@@H]2c3ccccc3C[C@H]2O)cc1NC(=O)c1cnc2ccccn12. The van der Waals surface area contributed by atoms with Gasteiger partial charge in [0, 0.05) is 23.9 Å². The zero-order chi connectivity index (χ0) is 22.2. The highest BCUT2D eigenvalue weighted by Crippen LogP contribution is 2.31. The molecule has 5 rings (SSSR count). The normalized spacial score (nSPS) is 17.2. The average Bonchev–Trinajstić information content (AvgIpc) is 3.36. The van der Waals surface area contributed by atoms with E-state index in [0.29, 0.717) is 29.0 Å². The number of imidazole rings is 1. The van der Waals surface area contributed by atoms with Gasteiger partial charge in [-0.05, 0) is 47.9 Å². The number of carbonyl (C=O) groups excluding carboxylic acids is 2. The first kappa shape index (κ1) is 20.0. The van der Waals surface area contributed by atoms with Gasteiger partial charge < -0.3 is 15.7 Å². The maximum Gasteiger partial charge on any atom is 0.274 e. The minimum atomic E-state index is -0.670. The lowest BCUT2D eigenvalue weighted by Crippen LogP contribution is -2.33. The van der Waals surface area contributed by atoms with Crippen LogP contribution in [0.15, 0.2) is 73.1 Å². The van der Waals surface area contributed by atoms with Crippen LogP contribution in [-0.2, 0) is 6.42 Å². The number of fused-ring (bicyclic) bond motifs is 2. The molecule has 7 heteroatoms. The molecule has 160 valence electrons. The van der Waals surface area contributed by atoms with Gasteiger partial charge in [0.25, 0.3) is 11.8 Å². The first-order valence-corrected chi connectivity index (χ1v) is 10.4. The number of hydrogen-bond acceptors (Lipinski definition) is 4. The van der Waals surface area contributed by atoms with Crippen LogP contribution in [0.5, 0.6) is 0 Å². The number of aliphatic hydroxyl groups is 1. The molecule has 0 radical (unpaired) electrons. The van der Waals surface area contributed by atoms with Gasteiger partial charge in [-0.3, -0.25) is 14.0 Å². The number of benzene rings is 2. The van der Waals surface area contributed by atoms with E-state index in [1.54, 1.807) is 28.8 Å². The Morgan fingerprint density at radius 2 is 1.88 bits per heavy atom. The van der Waals surface area contributed by atoms with E-state index in [1.807, 2.05) is 49.4 Å². The van der Waals surface area contributed by atoms with Crippen molar-refractivity contribution in [2.45, 2.75) is 25.5 Å². The van der Waals surface area contributed by atoms with Crippen molar-refractivity contribution in [2.75, 3.05) is 5.32 Å². The standard InChI is InChI=1S/C25H22N4O3/c1-15-9-10-17(24(31)28-23-18-7-3-2-6-16(18)13-21(23)30)12-19(15)27-25(32)20-14-26-22-8-4-5-11-29(20)22/h2-12,14,21,23,30H,13H2,1H3,(H,27,32)(H,28,31)/t21-,23-/m1/s1. The average molecular weight is 426 g/mol. The van der Waals surface area contributed by atoms with Crippen LogP contribution in [0.3, 0.4) is 0 Å². The minimum Gasteiger partial charge on any atom is -0.390 e. The molecule has 7 nitrogen and oxygen atoms in total. The quantitative estimate of drug-likeness (QED) is 0.467. The molecule has 0 aliphatic heterocycles. The molecule has 2 amide bonds. The smallest absolute Gasteiger partial charge is 0.274 e. The van der Waals surface area contributed by atoms with E-state index in [9.17, 15) is 14.7 Å². The highest BCUT2D eigenvalue weighted by molar-refractivity contribution is 6.05. The monoisotopic (exact) mass is 426 g/mol. The lowest BCUT2D eigenvalue weighted by atomic mass is 10.1. The first-order valence-electron chi connectivity index (χ1n) is 10.4. The fourth-order valence-electron chi connectivity index (χ4n) is 4.16. The Morgan fingerprint density at radius 3 is 2.75 bits per heavy atom. The number of hydrogen-bond donors (Lipinski definition) is 3. The molecule has 32 heavy (non-hydrogen) atoms. The number of anilines is 1. The molecule has 0 bridgehead atoms. The summed E-state index contributed by atoms with van der Waals surface area (Å²) in [5, 5.41) is 16.3. The van der Waals surface area contributed by atoms with Crippen LogP contribution >= 0.6 is 0 Å². The van der Waals surface area contributed by atoms with Gasteiger partial charge in [0.15, 0.2) is 0 Å². The topological polar surface area (TPSA) is 95.7 Å². The molecule has 4 aromatic rings. The summed E-state index contributed by atoms with van der Waals surface area (Å²) in [4.78, 5) is 30.1. The minimum absolute atomic E-state index is 0.309. The molecule has 2 heterocycles. The number of pyridine rings is 1. The van der Waals surface area contributed by atoms with Gasteiger partial charge in [0.2, 0.25) is 0 Å². The zero-order valence-electron chi connectivity index (χ0n) is 17.4. The highest BCUT2D eigenvalue weighted by Gasteiger charge is 2.32. The highest BCUT2D eigenvalue weighted by atomic mass is 16.3. The van der Waals surface area contributed by atoms with Crippen molar-refractivity contribution in [3.8, 4) is 0 Å². The summed E-state index contributed by atoms with van der Waals surface area (Å²) >= 11 is 0. The summed E-state index contributed by atoms with van der Waals surface area (Å²) in [6.07, 6.45) is 3.14. The summed E-state index contributed by atoms with van der Waals surface area (Å²) < 4.78 is 1.71. The second kappa shape index (κ2) is 7.94. The summed E-state index contributed by atoms with van der Waals surface area (Å²) in [5.74, 6) is -0.624. The third-order valence-corrected chi connectivity index (χ3v) is 5.89. The molecule has 3 N–H and O–H groups in total. The predicted octanol–water partition coefficient (Wildman–Crippen LogP) is 3.28. The first-order chi connectivity index (χ1) is 15.5. The van der Waals surface area contributed by atoms with Crippen LogP contribution in [0.4, 0.5) is 5.69 Å². The number of aromatic nitrogens is 2. The molecular weight excluding hydrogens is 404 g/mol. The zero-order valence-corrected chi connectivity index (χ0v) is 17.4. The maximum atomic E-state index is 13.0. The molecule has 2 atom stereocenters. The fourth-order valence-corrected chi connectivity index (χ4v) is 4.16. The molecule has 0 saturated carbocycles. The van der Waals surface area contributed by atoms with E-state index < -0.39 is 12.1 Å². The Morgan fingerprint density at radius 1 is 1.06 bits per heavy atom. The van der Waals surface area contributed by atoms with Crippen LogP contribution in [-0.4, -0.2) is 32.4 Å². The Labute approximate surface area is 184 Å². The van der Waals surface area contributed by atoms with E-state index in [2.05, 4.69) is 15.6 Å². The summed E-state index contributed by atoms with van der Waals surface area (Å²) in [6.45, 7) is 1.86. The van der Waals surface area contributed by atoms with Crippen LogP contribution in [0.1, 0.15) is 43.6 Å². The van der Waals surface area contributed by atoms with E-state index >= 15 is 0 Å². The molecule has 0 fully saturated rings. The van der Waals surface area contributed by atoms with Crippen molar-refractivity contribution >= 4 is 23.1 Å². The lowest BCUT2D eigenvalue weighted by molar-refractivity contribution is 0.0858. The Balaban J connectivity index is 1.37. The van der Waals surface area contributed by atoms with Crippen LogP contribution < -0.4 is 10.6 Å². The van der Waals surface area contributed by atoms with E-state index in [0.717, 1.165) is 16.7 Å². The van der Waals surface area contributed by atoms with Crippen molar-refractivity contribution in [1.29, 1.82) is 0 Å². The molecule has 2 aromatic heterocycles. The van der Waals surface area contributed by atoms with Crippen LogP contribution in [0.2, 0.25) is 0 Å². The van der Waals surface area contributed by atoms with Gasteiger partial charge in [-0.2, -0.15) is 0 Å². The van der Waals surface area contributed by atoms with Gasteiger partial charge in [0.1, 0.15) is 11.3 Å². The van der Waals surface area contributed by atoms with Crippen molar-refractivity contribution in [3.05, 3.63) is 101 Å². The molecule has 0 unspecified atom stereocenters. The van der Waals surface area contributed by atoms with E-state index in [1.165, 1.54) is 6.20 Å². The molecule has 1 aliphatic rings. The number of aryl methyl sites for hydroxylation is 1. The molecule has 0 saturated heterocycles. The van der Waals surface area contributed by atoms with Crippen LogP contribution in [0, 0.1) is 6.92 Å². The molecule has 0 spiro atoms. The maximum absolute atomic E-state index is 13.0. The van der Waals surface area contributed by atoms with Crippen LogP contribution in [0.25, 0.3) is 5.65 Å². The van der Waals surface area contributed by atoms with E-state index in [4.69, 9.17) is 0 Å². The van der Waals surface area contributed by atoms with Crippen molar-refractivity contribution in [2.24, 2.45) is 0 Å². The second-order valence-electron chi connectivity index (χ2n) is 7.98. The van der Waals surface area contributed by atoms with Crippen molar-refractivity contribution < 1.29 is 14.7 Å². The molecular formula is C25H22N4O3. The van der Waals surface area contributed by atoms with Gasteiger partial charge >= 0.3 is 0 Å². The Bertz CT molecular complexity index is 1340. The Kier molecular flexibility index (Phi) is 4.95. The Hall–Kier alpha value is -3.97. The molecule has 1 aliphatic carbocycles. The van der Waals surface area contributed by atoms with Gasteiger partial charge in [-0.1, -0.05) is 36.4 Å². The fraction of sp³-hybridized carbons (Fsp3) is 0.160. The third-order valence-electron chi connectivity index (χ3n) is 5.89. The van der Waals surface area contributed by atoms with Gasteiger partial charge in [0.05, 0.1) is 18.3 Å². The molecule has 2 aromatic carbocycles. The summed E-state index contributed by atoms with van der Waals surface area (Å²) in [5.41, 5.74) is 4.83. The predicted molar refractivity (Wildman–Crippen MR) is 121 cm³/mol. The largest absolute Gasteiger partial charge is 0.390 e. The summed E-state index contributed by atoms with van der Waals surface area (Å²) in [7, 11) is 0. The van der Waals surface area contributed by atoms with E-state index in [-0.39, 0.29) is 11.8 Å². The number of nitrogens with zero attached hydrogens (tertiary/aromatic N) is 2. The number of nitrogens with one attached hydrogen (secondary N) is 2. The number of aliphatic hydroxyl groups excluding tert-OH is 1. The van der Waals surface area contributed by atoms with Gasteiger partial charge in [-0.25, -0.2) is 4.98 Å².